The summed E-state index contributed by atoms with van der Waals surface area (Å²) >= 11 is 0. The molecule has 0 aliphatic heterocycles. The minimum Gasteiger partial charge on any atom is -0.486 e. The van der Waals surface area contributed by atoms with Gasteiger partial charge >= 0.3 is 12.3 Å². The quantitative estimate of drug-likeness (QED) is 0.592. The van der Waals surface area contributed by atoms with Crippen LogP contribution in [0.2, 0.25) is 0 Å². The molecule has 2 nitrogen and oxygen atoms in total. The summed E-state index contributed by atoms with van der Waals surface area (Å²) in [6.07, 6.45) is -3.80. The van der Waals surface area contributed by atoms with Gasteiger partial charge in [0.25, 0.3) is 0 Å². The van der Waals surface area contributed by atoms with Crippen molar-refractivity contribution in [3.05, 3.63) is 29.8 Å². The molecule has 1 aromatic carbocycles. The number of para-hydroxylation sites is 1. The van der Waals surface area contributed by atoms with Gasteiger partial charge in [-0.15, -0.1) is 0 Å². The Balaban J connectivity index is 2.79. The smallest absolute Gasteiger partial charge is 0.340 e. The van der Waals surface area contributed by atoms with Gasteiger partial charge in [-0.05, 0) is 19.1 Å². The lowest BCUT2D eigenvalue weighted by Gasteiger charge is -2.17. The zero-order chi connectivity index (χ0) is 13.1. The predicted octanol–water partition coefficient (Wildman–Crippen LogP) is 3.17. The van der Waals surface area contributed by atoms with Gasteiger partial charge in [-0.2, -0.15) is 8.78 Å². The lowest BCUT2D eigenvalue weighted by molar-refractivity contribution is -0.148. The molecule has 0 spiro atoms. The zero-order valence-corrected chi connectivity index (χ0v) is 8.92. The van der Waals surface area contributed by atoms with Gasteiger partial charge in [-0.3, -0.25) is 4.79 Å². The van der Waals surface area contributed by atoms with Gasteiger partial charge < -0.3 is 4.74 Å². The van der Waals surface area contributed by atoms with Crippen molar-refractivity contribution in [1.82, 2.24) is 0 Å². The second kappa shape index (κ2) is 5.16. The van der Waals surface area contributed by atoms with Crippen LogP contribution in [-0.4, -0.2) is 24.7 Å². The number of hydrogen-bond donors (Lipinski definition) is 0. The third-order valence-corrected chi connectivity index (χ3v) is 2.01. The largest absolute Gasteiger partial charge is 0.486 e. The van der Waals surface area contributed by atoms with Crippen molar-refractivity contribution >= 4 is 5.78 Å². The van der Waals surface area contributed by atoms with E-state index in [9.17, 15) is 22.4 Å². The minimum atomic E-state index is -4.23. The van der Waals surface area contributed by atoms with E-state index >= 15 is 0 Å². The summed E-state index contributed by atoms with van der Waals surface area (Å²) < 4.78 is 53.5. The number of carbonyl (C=O) groups is 1. The summed E-state index contributed by atoms with van der Waals surface area (Å²) in [6, 6.07) is 5.63. The van der Waals surface area contributed by atoms with E-state index in [1.54, 1.807) is 0 Å². The van der Waals surface area contributed by atoms with E-state index in [1.807, 2.05) is 0 Å². The summed E-state index contributed by atoms with van der Waals surface area (Å²) in [5, 5.41) is 0. The second-order valence-corrected chi connectivity index (χ2v) is 3.40. The number of benzene rings is 1. The maximum absolute atomic E-state index is 12.6. The highest BCUT2D eigenvalue weighted by atomic mass is 19.3. The molecule has 0 saturated carbocycles. The minimum absolute atomic E-state index is 0.0811. The van der Waals surface area contributed by atoms with E-state index in [-0.39, 0.29) is 17.1 Å². The molecule has 0 N–H and O–H groups in total. The average Bonchev–Trinajstić information content (AvgIpc) is 2.26. The Bertz CT molecular complexity index is 404. The van der Waals surface area contributed by atoms with Crippen LogP contribution in [-0.2, 0) is 0 Å². The lowest BCUT2D eigenvalue weighted by atomic mass is 10.1. The van der Waals surface area contributed by atoms with Crippen molar-refractivity contribution in [3.63, 3.8) is 0 Å². The molecule has 1 rings (SSSR count). The van der Waals surface area contributed by atoms with Crippen LogP contribution in [0.3, 0.4) is 0 Å². The number of carbonyl (C=O) groups excluding carboxylic acids is 1. The Morgan fingerprint density at radius 3 is 2.47 bits per heavy atom. The van der Waals surface area contributed by atoms with Gasteiger partial charge in [-0.25, -0.2) is 8.78 Å². The number of alkyl halides is 4. The summed E-state index contributed by atoms with van der Waals surface area (Å²) in [5.41, 5.74) is 0.0811. The first kappa shape index (κ1) is 13.5. The standard InChI is InChI=1S/C11H10F4O2/c1-7(16)8-4-2-3-5-9(8)17-6-11(14,15)10(12)13/h2-5,10H,6H2,1H3. The number of hydrogen-bond acceptors (Lipinski definition) is 2. The summed E-state index contributed by atoms with van der Waals surface area (Å²) in [7, 11) is 0. The first-order chi connectivity index (χ1) is 7.84. The topological polar surface area (TPSA) is 26.3 Å². The van der Waals surface area contributed by atoms with Gasteiger partial charge in [0.05, 0.1) is 5.56 Å². The van der Waals surface area contributed by atoms with Crippen LogP contribution in [0.25, 0.3) is 0 Å². The molecule has 0 atom stereocenters. The van der Waals surface area contributed by atoms with Crippen LogP contribution in [0.5, 0.6) is 5.75 Å². The maximum atomic E-state index is 12.6. The molecule has 0 saturated heterocycles. The van der Waals surface area contributed by atoms with Gasteiger partial charge in [0, 0.05) is 0 Å². The first-order valence-corrected chi connectivity index (χ1v) is 4.73. The van der Waals surface area contributed by atoms with Gasteiger partial charge in [0.1, 0.15) is 5.75 Å². The molecular weight excluding hydrogens is 240 g/mol. The molecule has 1 aromatic rings. The summed E-state index contributed by atoms with van der Waals surface area (Å²) in [5.74, 6) is -4.74. The predicted molar refractivity (Wildman–Crippen MR) is 52.9 cm³/mol. The fourth-order valence-corrected chi connectivity index (χ4v) is 1.12. The fraction of sp³-hybridized carbons (Fsp3) is 0.364. The molecule has 0 fully saturated rings. The second-order valence-electron chi connectivity index (χ2n) is 3.40. The highest BCUT2D eigenvalue weighted by Crippen LogP contribution is 2.26. The van der Waals surface area contributed by atoms with Crippen molar-refractivity contribution < 1.29 is 27.1 Å². The molecule has 0 heterocycles. The van der Waals surface area contributed by atoms with E-state index in [0.29, 0.717) is 0 Å². The van der Waals surface area contributed by atoms with Gasteiger partial charge in [0.15, 0.2) is 12.4 Å². The number of halogens is 4. The van der Waals surface area contributed by atoms with Crippen LogP contribution < -0.4 is 4.74 Å². The summed E-state index contributed by atoms with van der Waals surface area (Å²) in [4.78, 5) is 11.1. The fourth-order valence-electron chi connectivity index (χ4n) is 1.12. The van der Waals surface area contributed by atoms with Crippen LogP contribution in [0, 0.1) is 0 Å². The Morgan fingerprint density at radius 1 is 1.35 bits per heavy atom. The van der Waals surface area contributed by atoms with Crippen LogP contribution in [0.1, 0.15) is 17.3 Å². The number of rotatable bonds is 5. The van der Waals surface area contributed by atoms with Crippen molar-refractivity contribution in [2.45, 2.75) is 19.3 Å². The zero-order valence-electron chi connectivity index (χ0n) is 8.92. The van der Waals surface area contributed by atoms with E-state index < -0.39 is 19.0 Å². The molecule has 0 unspecified atom stereocenters. The highest BCUT2D eigenvalue weighted by Gasteiger charge is 2.41. The van der Waals surface area contributed by atoms with E-state index in [2.05, 4.69) is 4.74 Å². The average molecular weight is 250 g/mol. The molecular formula is C11H10F4O2. The Morgan fingerprint density at radius 2 is 1.94 bits per heavy atom. The third-order valence-electron chi connectivity index (χ3n) is 2.01. The van der Waals surface area contributed by atoms with E-state index in [0.717, 1.165) is 0 Å². The number of ether oxygens (including phenoxy) is 1. The van der Waals surface area contributed by atoms with Gasteiger partial charge in [0.2, 0.25) is 0 Å². The van der Waals surface area contributed by atoms with Crippen molar-refractivity contribution in [3.8, 4) is 5.75 Å². The number of ketones is 1. The molecule has 0 aliphatic rings. The van der Waals surface area contributed by atoms with Crippen LogP contribution >= 0.6 is 0 Å². The Labute approximate surface area is 95.2 Å². The molecule has 94 valence electrons. The maximum Gasteiger partial charge on any atom is 0.340 e. The molecule has 0 aliphatic carbocycles. The normalized spacial score (nSPS) is 11.6. The third kappa shape index (κ3) is 3.44. The van der Waals surface area contributed by atoms with E-state index in [4.69, 9.17) is 0 Å². The Hall–Kier alpha value is -1.59. The van der Waals surface area contributed by atoms with E-state index in [1.165, 1.54) is 31.2 Å². The number of Topliss-reactive ketones (excluding diaryl/α,β-unsaturated/α-hetero) is 1. The van der Waals surface area contributed by atoms with Crippen LogP contribution in [0.4, 0.5) is 17.6 Å². The SMILES string of the molecule is CC(=O)c1ccccc1OCC(F)(F)C(F)F. The lowest BCUT2D eigenvalue weighted by Crippen LogP contribution is -2.34. The molecule has 17 heavy (non-hydrogen) atoms. The molecule has 0 amide bonds. The molecule has 6 heteroatoms. The first-order valence-electron chi connectivity index (χ1n) is 4.73. The van der Waals surface area contributed by atoms with Crippen molar-refractivity contribution in [2.24, 2.45) is 0 Å². The van der Waals surface area contributed by atoms with Crippen LogP contribution in [0.15, 0.2) is 24.3 Å². The Kier molecular flexibility index (Phi) is 4.09. The molecule has 0 radical (unpaired) electrons. The van der Waals surface area contributed by atoms with Gasteiger partial charge in [-0.1, -0.05) is 12.1 Å². The monoisotopic (exact) mass is 250 g/mol. The van der Waals surface area contributed by atoms with Crippen molar-refractivity contribution in [2.75, 3.05) is 6.61 Å². The molecule has 0 aromatic heterocycles. The molecule has 0 bridgehead atoms. The highest BCUT2D eigenvalue weighted by molar-refractivity contribution is 5.96. The summed E-state index contributed by atoms with van der Waals surface area (Å²) in [6.45, 7) is -0.234. The van der Waals surface area contributed by atoms with Crippen molar-refractivity contribution in [1.29, 1.82) is 0 Å².